The van der Waals surface area contributed by atoms with E-state index in [1.165, 1.54) is 5.56 Å². The van der Waals surface area contributed by atoms with Crippen molar-refractivity contribution in [2.24, 2.45) is 5.73 Å². The fourth-order valence-corrected chi connectivity index (χ4v) is 1.83. The summed E-state index contributed by atoms with van der Waals surface area (Å²) < 4.78 is 3.15. The maximum atomic E-state index is 5.50. The molecule has 1 aromatic carbocycles. The van der Waals surface area contributed by atoms with Crippen LogP contribution >= 0.6 is 28.3 Å². The standard InChI is InChI=1S/C11H12BrN3.ClH/c12-11-4-2-1-3-9(11)6-15-7-10(5-13)14-8-15;/h1-4,7-8H,5-6,13H2;1H. The lowest BCUT2D eigenvalue weighted by Crippen LogP contribution is -1.98. The van der Waals surface area contributed by atoms with E-state index in [2.05, 4.69) is 27.0 Å². The average molecular weight is 303 g/mol. The Morgan fingerprint density at radius 1 is 1.31 bits per heavy atom. The van der Waals surface area contributed by atoms with Crippen molar-refractivity contribution in [2.45, 2.75) is 13.1 Å². The minimum Gasteiger partial charge on any atom is -0.333 e. The van der Waals surface area contributed by atoms with Gasteiger partial charge in [0.05, 0.1) is 12.0 Å². The van der Waals surface area contributed by atoms with Crippen LogP contribution in [0.1, 0.15) is 11.3 Å². The number of aromatic nitrogens is 2. The van der Waals surface area contributed by atoms with Gasteiger partial charge in [-0.15, -0.1) is 12.4 Å². The van der Waals surface area contributed by atoms with Gasteiger partial charge in [-0.25, -0.2) is 4.98 Å². The highest BCUT2D eigenvalue weighted by Crippen LogP contribution is 2.16. The first-order valence-corrected chi connectivity index (χ1v) is 5.53. The molecule has 86 valence electrons. The second-order valence-corrected chi connectivity index (χ2v) is 4.19. The molecule has 0 bridgehead atoms. The lowest BCUT2D eigenvalue weighted by molar-refractivity contribution is 0.793. The Balaban J connectivity index is 0.00000128. The van der Waals surface area contributed by atoms with Gasteiger partial charge >= 0.3 is 0 Å². The minimum absolute atomic E-state index is 0. The molecule has 0 amide bonds. The SMILES string of the molecule is Cl.NCc1cn(Cc2ccccc2Br)cn1. The summed E-state index contributed by atoms with van der Waals surface area (Å²) in [5, 5.41) is 0. The Hall–Kier alpha value is -0.840. The summed E-state index contributed by atoms with van der Waals surface area (Å²) in [7, 11) is 0. The molecule has 0 saturated heterocycles. The Morgan fingerprint density at radius 2 is 2.06 bits per heavy atom. The fourth-order valence-electron chi connectivity index (χ4n) is 1.42. The largest absolute Gasteiger partial charge is 0.333 e. The Kier molecular flexibility index (Phi) is 4.99. The predicted octanol–water partition coefficient (Wildman–Crippen LogP) is 2.57. The number of hydrogen-bond acceptors (Lipinski definition) is 2. The number of nitrogens with two attached hydrogens (primary N) is 1. The van der Waals surface area contributed by atoms with Crippen molar-refractivity contribution < 1.29 is 0 Å². The van der Waals surface area contributed by atoms with Crippen molar-refractivity contribution in [3.63, 3.8) is 0 Å². The molecule has 1 aromatic heterocycles. The van der Waals surface area contributed by atoms with Crippen molar-refractivity contribution >= 4 is 28.3 Å². The number of benzene rings is 1. The van der Waals surface area contributed by atoms with Crippen molar-refractivity contribution in [3.05, 3.63) is 52.5 Å². The molecule has 2 rings (SSSR count). The second-order valence-electron chi connectivity index (χ2n) is 3.33. The molecule has 1 heterocycles. The fraction of sp³-hybridized carbons (Fsp3) is 0.182. The first kappa shape index (κ1) is 13.2. The molecule has 5 heteroatoms. The van der Waals surface area contributed by atoms with Crippen molar-refractivity contribution in [1.29, 1.82) is 0 Å². The first-order chi connectivity index (χ1) is 7.29. The normalized spacial score (nSPS) is 9.88. The van der Waals surface area contributed by atoms with Gasteiger partial charge in [-0.05, 0) is 11.6 Å². The molecular weight excluding hydrogens is 289 g/mol. The highest BCUT2D eigenvalue weighted by atomic mass is 79.9. The summed E-state index contributed by atoms with van der Waals surface area (Å²) >= 11 is 3.52. The summed E-state index contributed by atoms with van der Waals surface area (Å²) in [6, 6.07) is 8.16. The molecule has 0 radical (unpaired) electrons. The summed E-state index contributed by atoms with van der Waals surface area (Å²) in [5.74, 6) is 0. The number of hydrogen-bond donors (Lipinski definition) is 1. The summed E-state index contributed by atoms with van der Waals surface area (Å²) in [6.45, 7) is 1.30. The third-order valence-corrected chi connectivity index (χ3v) is 2.98. The molecule has 3 nitrogen and oxygen atoms in total. The average Bonchev–Trinajstić information content (AvgIpc) is 2.69. The van der Waals surface area contributed by atoms with E-state index in [-0.39, 0.29) is 12.4 Å². The van der Waals surface area contributed by atoms with Crippen LogP contribution < -0.4 is 5.73 Å². The lowest BCUT2D eigenvalue weighted by atomic mass is 10.2. The quantitative estimate of drug-likeness (QED) is 0.947. The zero-order chi connectivity index (χ0) is 10.7. The maximum absolute atomic E-state index is 5.50. The Bertz CT molecular complexity index is 456. The predicted molar refractivity (Wildman–Crippen MR) is 70.6 cm³/mol. The van der Waals surface area contributed by atoms with Crippen molar-refractivity contribution in [1.82, 2.24) is 9.55 Å². The van der Waals surface area contributed by atoms with Crippen LogP contribution in [0.15, 0.2) is 41.3 Å². The molecule has 2 N–H and O–H groups in total. The van der Waals surface area contributed by atoms with E-state index in [1.54, 1.807) is 0 Å². The minimum atomic E-state index is 0. The van der Waals surface area contributed by atoms with Gasteiger partial charge in [0.1, 0.15) is 0 Å². The van der Waals surface area contributed by atoms with E-state index in [4.69, 9.17) is 5.73 Å². The molecule has 0 fully saturated rings. The summed E-state index contributed by atoms with van der Waals surface area (Å²) in [4.78, 5) is 4.18. The monoisotopic (exact) mass is 301 g/mol. The van der Waals surface area contributed by atoms with Crippen molar-refractivity contribution in [3.8, 4) is 0 Å². The Morgan fingerprint density at radius 3 is 2.69 bits per heavy atom. The summed E-state index contributed by atoms with van der Waals surface area (Å²) in [6.07, 6.45) is 3.78. The van der Waals surface area contributed by atoms with Crippen LogP contribution in [-0.2, 0) is 13.1 Å². The van der Waals surface area contributed by atoms with Crippen LogP contribution in [-0.4, -0.2) is 9.55 Å². The molecule has 0 aliphatic heterocycles. The maximum Gasteiger partial charge on any atom is 0.0953 e. The van der Waals surface area contributed by atoms with E-state index in [9.17, 15) is 0 Å². The van der Waals surface area contributed by atoms with Crippen LogP contribution in [0.3, 0.4) is 0 Å². The smallest absolute Gasteiger partial charge is 0.0953 e. The highest BCUT2D eigenvalue weighted by Gasteiger charge is 2.00. The molecule has 0 atom stereocenters. The topological polar surface area (TPSA) is 43.8 Å². The highest BCUT2D eigenvalue weighted by molar-refractivity contribution is 9.10. The molecule has 16 heavy (non-hydrogen) atoms. The number of nitrogens with zero attached hydrogens (tertiary/aromatic N) is 2. The molecule has 0 spiro atoms. The van der Waals surface area contributed by atoms with E-state index < -0.39 is 0 Å². The molecule has 0 unspecified atom stereocenters. The van der Waals surface area contributed by atoms with Gasteiger partial charge < -0.3 is 10.3 Å². The van der Waals surface area contributed by atoms with Crippen molar-refractivity contribution in [2.75, 3.05) is 0 Å². The molecular formula is C11H13BrClN3. The van der Waals surface area contributed by atoms with Crippen LogP contribution in [0.25, 0.3) is 0 Å². The molecule has 0 saturated carbocycles. The van der Waals surface area contributed by atoms with E-state index >= 15 is 0 Å². The van der Waals surface area contributed by atoms with Gasteiger partial charge in [-0.2, -0.15) is 0 Å². The van der Waals surface area contributed by atoms with E-state index in [0.29, 0.717) is 6.54 Å². The zero-order valence-corrected chi connectivity index (χ0v) is 11.0. The number of imidazole rings is 1. The number of halogens is 2. The molecule has 0 aliphatic rings. The number of rotatable bonds is 3. The van der Waals surface area contributed by atoms with Crippen LogP contribution in [0.5, 0.6) is 0 Å². The van der Waals surface area contributed by atoms with Gasteiger partial charge in [-0.1, -0.05) is 34.1 Å². The molecule has 2 aromatic rings. The third-order valence-electron chi connectivity index (χ3n) is 2.21. The van der Waals surface area contributed by atoms with Crippen LogP contribution in [0.4, 0.5) is 0 Å². The third kappa shape index (κ3) is 3.07. The van der Waals surface area contributed by atoms with Gasteiger partial charge in [-0.3, -0.25) is 0 Å². The first-order valence-electron chi connectivity index (χ1n) is 4.73. The summed E-state index contributed by atoms with van der Waals surface area (Å²) in [5.41, 5.74) is 7.65. The van der Waals surface area contributed by atoms with E-state index in [1.807, 2.05) is 35.3 Å². The molecule has 0 aliphatic carbocycles. The van der Waals surface area contributed by atoms with Gasteiger partial charge in [0.2, 0.25) is 0 Å². The van der Waals surface area contributed by atoms with Gasteiger partial charge in [0.15, 0.2) is 0 Å². The van der Waals surface area contributed by atoms with E-state index in [0.717, 1.165) is 16.7 Å². The Labute approximate surface area is 109 Å². The van der Waals surface area contributed by atoms with Crippen LogP contribution in [0, 0.1) is 0 Å². The van der Waals surface area contributed by atoms with Gasteiger partial charge in [0.25, 0.3) is 0 Å². The zero-order valence-electron chi connectivity index (χ0n) is 8.64. The lowest BCUT2D eigenvalue weighted by Gasteiger charge is -2.04. The van der Waals surface area contributed by atoms with Gasteiger partial charge in [0, 0.05) is 23.8 Å². The van der Waals surface area contributed by atoms with Crippen LogP contribution in [0.2, 0.25) is 0 Å². The second kappa shape index (κ2) is 6.03.